The number of rotatable bonds is 6. The van der Waals surface area contributed by atoms with Gasteiger partial charge in [0.25, 0.3) is 0 Å². The van der Waals surface area contributed by atoms with Crippen LogP contribution in [0.15, 0.2) is 39.2 Å². The molecule has 2 aromatic rings. The second-order valence-corrected chi connectivity index (χ2v) is 7.20. The first kappa shape index (κ1) is 14.8. The van der Waals surface area contributed by atoms with Crippen molar-refractivity contribution < 1.29 is 17.6 Å². The molecule has 0 saturated carbocycles. The lowest BCUT2D eigenvalue weighted by atomic mass is 10.4. The van der Waals surface area contributed by atoms with Gasteiger partial charge >= 0.3 is 0 Å². The van der Waals surface area contributed by atoms with E-state index in [-0.39, 0.29) is 16.7 Å². The maximum Gasteiger partial charge on any atom is 0.250 e. The Morgan fingerprint density at radius 3 is 2.75 bits per heavy atom. The monoisotopic (exact) mass is 314 g/mol. The van der Waals surface area contributed by atoms with Gasteiger partial charge in [0.15, 0.2) is 0 Å². The van der Waals surface area contributed by atoms with Crippen molar-refractivity contribution in [2.45, 2.75) is 24.2 Å². The van der Waals surface area contributed by atoms with Gasteiger partial charge in [-0.15, -0.1) is 11.3 Å². The second kappa shape index (κ2) is 6.21. The molecule has 0 radical (unpaired) electrons. The molecule has 0 atom stereocenters. The maximum absolute atomic E-state index is 12.0. The van der Waals surface area contributed by atoms with E-state index in [0.29, 0.717) is 12.3 Å². The number of carbonyl (C=O) groups excluding carboxylic acids is 1. The minimum atomic E-state index is -3.56. The first-order valence-corrected chi connectivity index (χ1v) is 8.12. The van der Waals surface area contributed by atoms with Crippen molar-refractivity contribution in [3.05, 3.63) is 41.2 Å². The Bertz CT molecular complexity index is 674. The highest BCUT2D eigenvalue weighted by Crippen LogP contribution is 2.21. The molecule has 20 heavy (non-hydrogen) atoms. The maximum atomic E-state index is 12.0. The molecule has 0 fully saturated rings. The molecule has 2 heterocycles. The number of carbonyl (C=O) groups is 1. The lowest BCUT2D eigenvalue weighted by molar-refractivity contribution is -0.119. The van der Waals surface area contributed by atoms with Crippen LogP contribution in [-0.2, 0) is 27.9 Å². The molecule has 6 nitrogen and oxygen atoms in total. The van der Waals surface area contributed by atoms with Crippen molar-refractivity contribution in [1.29, 1.82) is 0 Å². The van der Waals surface area contributed by atoms with Gasteiger partial charge in [-0.05, 0) is 24.3 Å². The van der Waals surface area contributed by atoms with E-state index in [1.54, 1.807) is 18.2 Å². The summed E-state index contributed by atoms with van der Waals surface area (Å²) in [4.78, 5) is 11.6. The topological polar surface area (TPSA) is 88.4 Å². The van der Waals surface area contributed by atoms with Crippen molar-refractivity contribution in [3.63, 3.8) is 0 Å². The first-order valence-electron chi connectivity index (χ1n) is 5.82. The van der Waals surface area contributed by atoms with E-state index < -0.39 is 10.0 Å². The molecule has 2 aromatic heterocycles. The fourth-order valence-electron chi connectivity index (χ4n) is 1.46. The Kier molecular flexibility index (Phi) is 4.58. The van der Waals surface area contributed by atoms with Gasteiger partial charge in [0.05, 0.1) is 19.4 Å². The summed E-state index contributed by atoms with van der Waals surface area (Å²) in [5.74, 6) is 0.391. The van der Waals surface area contributed by atoms with Crippen LogP contribution in [0.2, 0.25) is 0 Å². The average Bonchev–Trinajstić information content (AvgIpc) is 3.05. The minimum Gasteiger partial charge on any atom is -0.468 e. The molecule has 0 aliphatic rings. The van der Waals surface area contributed by atoms with E-state index in [1.807, 2.05) is 0 Å². The smallest absolute Gasteiger partial charge is 0.250 e. The first-order chi connectivity index (χ1) is 9.47. The highest BCUT2D eigenvalue weighted by Gasteiger charge is 2.17. The molecule has 0 spiro atoms. The van der Waals surface area contributed by atoms with E-state index in [4.69, 9.17) is 4.42 Å². The Morgan fingerprint density at radius 2 is 2.10 bits per heavy atom. The Labute approximate surface area is 120 Å². The Morgan fingerprint density at radius 1 is 1.30 bits per heavy atom. The van der Waals surface area contributed by atoms with Gasteiger partial charge in [0.2, 0.25) is 15.9 Å². The third-order valence-electron chi connectivity index (χ3n) is 2.43. The van der Waals surface area contributed by atoms with Crippen LogP contribution in [-0.4, -0.2) is 14.3 Å². The van der Waals surface area contributed by atoms with Crippen molar-refractivity contribution in [2.24, 2.45) is 0 Å². The Balaban J connectivity index is 2.00. The third-order valence-corrected chi connectivity index (χ3v) is 5.41. The quantitative estimate of drug-likeness (QED) is 0.845. The summed E-state index contributed by atoms with van der Waals surface area (Å²) in [6.45, 7) is 1.85. The van der Waals surface area contributed by atoms with Crippen molar-refractivity contribution in [1.82, 2.24) is 10.0 Å². The van der Waals surface area contributed by atoms with Crippen LogP contribution in [0.5, 0.6) is 0 Å². The predicted octanol–water partition coefficient (Wildman–Crippen LogP) is 1.46. The molecule has 8 heteroatoms. The zero-order valence-electron chi connectivity index (χ0n) is 10.8. The molecular formula is C12H14N2O4S2. The van der Waals surface area contributed by atoms with E-state index in [0.717, 1.165) is 16.2 Å². The minimum absolute atomic E-state index is 0.105. The summed E-state index contributed by atoms with van der Waals surface area (Å²) >= 11 is 1.12. The largest absolute Gasteiger partial charge is 0.468 e. The molecule has 108 valence electrons. The summed E-state index contributed by atoms with van der Waals surface area (Å²) in [7, 11) is -3.56. The molecule has 0 unspecified atom stereocenters. The molecule has 0 aliphatic carbocycles. The zero-order chi connectivity index (χ0) is 14.6. The van der Waals surface area contributed by atoms with Gasteiger partial charge in [-0.25, -0.2) is 13.1 Å². The number of hydrogen-bond donors (Lipinski definition) is 2. The highest BCUT2D eigenvalue weighted by molar-refractivity contribution is 7.91. The van der Waals surface area contributed by atoms with Crippen LogP contribution in [0.1, 0.15) is 17.6 Å². The third kappa shape index (κ3) is 3.92. The van der Waals surface area contributed by atoms with Gasteiger partial charge in [-0.3, -0.25) is 4.79 Å². The fourth-order valence-corrected chi connectivity index (χ4v) is 3.79. The fraction of sp³-hybridized carbons (Fsp3) is 0.250. The summed E-state index contributed by atoms with van der Waals surface area (Å²) < 4.78 is 31.8. The number of thiophene rings is 1. The summed E-state index contributed by atoms with van der Waals surface area (Å²) in [6, 6.07) is 6.59. The molecule has 0 aromatic carbocycles. The van der Waals surface area contributed by atoms with Gasteiger partial charge in [0.1, 0.15) is 9.97 Å². The number of hydrogen-bond acceptors (Lipinski definition) is 5. The van der Waals surface area contributed by atoms with Crippen LogP contribution >= 0.6 is 11.3 Å². The molecule has 1 amide bonds. The molecule has 0 aliphatic heterocycles. The normalized spacial score (nSPS) is 11.4. The average molecular weight is 314 g/mol. The van der Waals surface area contributed by atoms with Gasteiger partial charge in [-0.2, -0.15) is 0 Å². The van der Waals surface area contributed by atoms with Crippen LogP contribution in [0.3, 0.4) is 0 Å². The van der Waals surface area contributed by atoms with E-state index in [9.17, 15) is 13.2 Å². The van der Waals surface area contributed by atoms with E-state index in [1.165, 1.54) is 19.3 Å². The molecular weight excluding hydrogens is 300 g/mol. The van der Waals surface area contributed by atoms with Crippen LogP contribution in [0.4, 0.5) is 0 Å². The van der Waals surface area contributed by atoms with E-state index in [2.05, 4.69) is 10.0 Å². The van der Waals surface area contributed by atoms with Crippen LogP contribution in [0.25, 0.3) is 0 Å². The van der Waals surface area contributed by atoms with Crippen molar-refractivity contribution in [3.8, 4) is 0 Å². The Hall–Kier alpha value is -1.64. The van der Waals surface area contributed by atoms with Crippen molar-refractivity contribution in [2.75, 3.05) is 0 Å². The van der Waals surface area contributed by atoms with Gasteiger partial charge in [-0.1, -0.05) is 0 Å². The number of nitrogens with one attached hydrogen (secondary N) is 2. The lowest BCUT2D eigenvalue weighted by Gasteiger charge is -2.02. The van der Waals surface area contributed by atoms with E-state index >= 15 is 0 Å². The van der Waals surface area contributed by atoms with Crippen LogP contribution < -0.4 is 10.0 Å². The summed E-state index contributed by atoms with van der Waals surface area (Å²) in [5, 5.41) is 2.62. The SMILES string of the molecule is CC(=O)NCc1ccc(S(=O)(=O)NCc2ccco2)s1. The summed E-state index contributed by atoms with van der Waals surface area (Å²) in [6.07, 6.45) is 1.49. The van der Waals surface area contributed by atoms with Crippen LogP contribution in [0, 0.1) is 0 Å². The second-order valence-electron chi connectivity index (χ2n) is 4.03. The number of furan rings is 1. The lowest BCUT2D eigenvalue weighted by Crippen LogP contribution is -2.22. The van der Waals surface area contributed by atoms with Gasteiger partial charge < -0.3 is 9.73 Å². The standard InChI is InChI=1S/C12H14N2O4S2/c1-9(15)13-8-11-4-5-12(19-11)20(16,17)14-7-10-3-2-6-18-10/h2-6,14H,7-8H2,1H3,(H,13,15). The number of sulfonamides is 1. The predicted molar refractivity (Wildman–Crippen MR) is 74.6 cm³/mol. The zero-order valence-corrected chi connectivity index (χ0v) is 12.4. The molecule has 0 saturated heterocycles. The molecule has 2 N–H and O–H groups in total. The summed E-state index contributed by atoms with van der Waals surface area (Å²) in [5.41, 5.74) is 0. The van der Waals surface area contributed by atoms with Crippen molar-refractivity contribution >= 4 is 27.3 Å². The molecule has 2 rings (SSSR count). The molecule has 0 bridgehead atoms. The van der Waals surface area contributed by atoms with Gasteiger partial charge in [0, 0.05) is 11.8 Å². The highest BCUT2D eigenvalue weighted by atomic mass is 32.2. The number of amides is 1.